The molecule has 0 fully saturated rings. The van der Waals surface area contributed by atoms with E-state index < -0.39 is 10.0 Å². The maximum Gasteiger partial charge on any atom is 0.218 e. The van der Waals surface area contributed by atoms with E-state index in [1.54, 1.807) is 37.4 Å². The molecule has 5 nitrogen and oxygen atoms in total. The second-order valence-electron chi connectivity index (χ2n) is 5.74. The summed E-state index contributed by atoms with van der Waals surface area (Å²) >= 11 is 11.8. The largest absolute Gasteiger partial charge is 0.486 e. The quantitative estimate of drug-likeness (QED) is 0.765. The maximum atomic E-state index is 12.6. The molecule has 0 aliphatic carbocycles. The fraction of sp³-hybridized carbons (Fsp3) is 0.294. The summed E-state index contributed by atoms with van der Waals surface area (Å²) in [6, 6.07) is 10.3. The molecule has 0 aromatic heterocycles. The van der Waals surface area contributed by atoms with Gasteiger partial charge in [0.05, 0.1) is 15.8 Å². The summed E-state index contributed by atoms with van der Waals surface area (Å²) < 4.78 is 37.5. The number of hydrogen-bond donors (Lipinski definition) is 0. The van der Waals surface area contributed by atoms with Gasteiger partial charge in [0.25, 0.3) is 0 Å². The second kappa shape index (κ2) is 7.41. The summed E-state index contributed by atoms with van der Waals surface area (Å²) in [5, 5.41) is 0.733. The highest BCUT2D eigenvalue weighted by Crippen LogP contribution is 2.31. The van der Waals surface area contributed by atoms with Gasteiger partial charge >= 0.3 is 0 Å². The lowest BCUT2D eigenvalue weighted by Crippen LogP contribution is -2.28. The van der Waals surface area contributed by atoms with E-state index in [0.717, 1.165) is 5.56 Å². The minimum atomic E-state index is -3.50. The molecule has 1 heterocycles. The summed E-state index contributed by atoms with van der Waals surface area (Å²) in [5.74, 6) is 1.17. The summed E-state index contributed by atoms with van der Waals surface area (Å²) in [5.41, 5.74) is 1.41. The molecule has 0 saturated heterocycles. The number of rotatable bonds is 5. The van der Waals surface area contributed by atoms with Crippen LogP contribution in [0.4, 0.5) is 0 Å². The summed E-state index contributed by atoms with van der Waals surface area (Å²) in [6.45, 7) is 1.24. The molecule has 0 radical (unpaired) electrons. The average molecular weight is 402 g/mol. The Kier molecular flexibility index (Phi) is 5.43. The molecule has 0 spiro atoms. The first-order valence-corrected chi connectivity index (χ1v) is 9.98. The van der Waals surface area contributed by atoms with Crippen molar-refractivity contribution in [2.24, 2.45) is 0 Å². The van der Waals surface area contributed by atoms with Gasteiger partial charge < -0.3 is 9.47 Å². The summed E-state index contributed by atoms with van der Waals surface area (Å²) in [4.78, 5) is 0. The Labute approximate surface area is 157 Å². The zero-order valence-corrected chi connectivity index (χ0v) is 15.9. The SMILES string of the molecule is CN(Cc1ccc2c(c1)OCCO2)S(=O)(=O)Cc1ccc(Cl)c(Cl)c1. The van der Waals surface area contributed by atoms with Gasteiger partial charge in [-0.1, -0.05) is 35.3 Å². The van der Waals surface area contributed by atoms with E-state index in [2.05, 4.69) is 0 Å². The molecule has 1 aliphatic rings. The van der Waals surface area contributed by atoms with Crippen LogP contribution in [0.3, 0.4) is 0 Å². The Balaban J connectivity index is 1.72. The second-order valence-corrected chi connectivity index (χ2v) is 8.63. The summed E-state index contributed by atoms with van der Waals surface area (Å²) in [6.07, 6.45) is 0. The first-order valence-electron chi connectivity index (χ1n) is 7.61. The van der Waals surface area contributed by atoms with Crippen LogP contribution in [0, 0.1) is 0 Å². The minimum Gasteiger partial charge on any atom is -0.486 e. The van der Waals surface area contributed by atoms with E-state index in [1.807, 2.05) is 6.07 Å². The van der Waals surface area contributed by atoms with E-state index in [1.165, 1.54) is 4.31 Å². The summed E-state index contributed by atoms with van der Waals surface area (Å²) in [7, 11) is -1.96. The molecule has 8 heteroatoms. The molecule has 2 aromatic carbocycles. The number of ether oxygens (including phenoxy) is 2. The Hall–Kier alpha value is -1.47. The molecular weight excluding hydrogens is 385 g/mol. The molecule has 0 saturated carbocycles. The Morgan fingerprint density at radius 1 is 0.960 bits per heavy atom. The van der Waals surface area contributed by atoms with Gasteiger partial charge in [-0.25, -0.2) is 12.7 Å². The Morgan fingerprint density at radius 2 is 1.64 bits per heavy atom. The number of nitrogens with zero attached hydrogens (tertiary/aromatic N) is 1. The first kappa shape index (κ1) is 18.3. The standard InChI is InChI=1S/C17H17Cl2NO4S/c1-20(10-12-3-5-16-17(9-12)24-7-6-23-16)25(21,22)11-13-2-4-14(18)15(19)8-13/h2-5,8-9H,6-7,10-11H2,1H3. The third-order valence-corrected chi connectivity index (χ3v) is 6.34. The Bertz CT molecular complexity index is 886. The van der Waals surface area contributed by atoms with Crippen molar-refractivity contribution in [3.05, 3.63) is 57.6 Å². The third-order valence-electron chi connectivity index (χ3n) is 3.82. The van der Waals surface area contributed by atoms with Crippen molar-refractivity contribution in [3.63, 3.8) is 0 Å². The highest BCUT2D eigenvalue weighted by molar-refractivity contribution is 7.88. The van der Waals surface area contributed by atoms with Gasteiger partial charge in [0.2, 0.25) is 10.0 Å². The van der Waals surface area contributed by atoms with Crippen molar-refractivity contribution in [1.82, 2.24) is 4.31 Å². The normalized spacial score (nSPS) is 13.9. The van der Waals surface area contributed by atoms with Crippen molar-refractivity contribution in [2.45, 2.75) is 12.3 Å². The van der Waals surface area contributed by atoms with Crippen molar-refractivity contribution in [2.75, 3.05) is 20.3 Å². The lowest BCUT2D eigenvalue weighted by atomic mass is 10.2. The smallest absolute Gasteiger partial charge is 0.218 e. The highest BCUT2D eigenvalue weighted by Gasteiger charge is 2.20. The molecular formula is C17H17Cl2NO4S. The van der Waals surface area contributed by atoms with Crippen LogP contribution in [0.5, 0.6) is 11.5 Å². The molecule has 0 bridgehead atoms. The van der Waals surface area contributed by atoms with Gasteiger partial charge in [-0.3, -0.25) is 0 Å². The number of halogens is 2. The van der Waals surface area contributed by atoms with Crippen molar-refractivity contribution < 1.29 is 17.9 Å². The molecule has 0 N–H and O–H groups in total. The lowest BCUT2D eigenvalue weighted by molar-refractivity contribution is 0.171. The van der Waals surface area contributed by atoms with E-state index in [4.69, 9.17) is 32.7 Å². The van der Waals surface area contributed by atoms with Gasteiger partial charge in [0.1, 0.15) is 13.2 Å². The number of fused-ring (bicyclic) bond motifs is 1. The van der Waals surface area contributed by atoms with Crippen LogP contribution in [-0.4, -0.2) is 33.0 Å². The van der Waals surface area contributed by atoms with E-state index >= 15 is 0 Å². The van der Waals surface area contributed by atoms with Gasteiger partial charge in [0.15, 0.2) is 11.5 Å². The van der Waals surface area contributed by atoms with E-state index in [-0.39, 0.29) is 12.3 Å². The fourth-order valence-electron chi connectivity index (χ4n) is 2.49. The van der Waals surface area contributed by atoms with Crippen LogP contribution < -0.4 is 9.47 Å². The van der Waals surface area contributed by atoms with Crippen molar-refractivity contribution in [3.8, 4) is 11.5 Å². The predicted octanol–water partition coefficient (Wildman–Crippen LogP) is 3.73. The van der Waals surface area contributed by atoms with Gasteiger partial charge in [0, 0.05) is 13.6 Å². The molecule has 1 aliphatic heterocycles. The van der Waals surface area contributed by atoms with Gasteiger partial charge in [-0.2, -0.15) is 0 Å². The van der Waals surface area contributed by atoms with Crippen LogP contribution in [-0.2, 0) is 22.3 Å². The van der Waals surface area contributed by atoms with E-state index in [0.29, 0.717) is 40.3 Å². The van der Waals surface area contributed by atoms with Gasteiger partial charge in [-0.05, 0) is 35.4 Å². The van der Waals surface area contributed by atoms with Crippen LogP contribution in [0.25, 0.3) is 0 Å². The molecule has 0 unspecified atom stereocenters. The van der Waals surface area contributed by atoms with Crippen LogP contribution in [0.15, 0.2) is 36.4 Å². The lowest BCUT2D eigenvalue weighted by Gasteiger charge is -2.21. The minimum absolute atomic E-state index is 0.148. The average Bonchev–Trinajstić information content (AvgIpc) is 2.58. The first-order chi connectivity index (χ1) is 11.8. The zero-order chi connectivity index (χ0) is 18.0. The van der Waals surface area contributed by atoms with Crippen molar-refractivity contribution >= 4 is 33.2 Å². The predicted molar refractivity (Wildman–Crippen MR) is 98.0 cm³/mol. The third kappa shape index (κ3) is 4.39. The molecule has 0 amide bonds. The monoisotopic (exact) mass is 401 g/mol. The molecule has 25 heavy (non-hydrogen) atoms. The zero-order valence-electron chi connectivity index (χ0n) is 13.5. The van der Waals surface area contributed by atoms with Crippen LogP contribution in [0.2, 0.25) is 10.0 Å². The number of hydrogen-bond acceptors (Lipinski definition) is 4. The topological polar surface area (TPSA) is 55.8 Å². The van der Waals surface area contributed by atoms with Gasteiger partial charge in [-0.15, -0.1) is 0 Å². The molecule has 2 aromatic rings. The number of benzene rings is 2. The van der Waals surface area contributed by atoms with Crippen LogP contribution >= 0.6 is 23.2 Å². The highest BCUT2D eigenvalue weighted by atomic mass is 35.5. The molecule has 3 rings (SSSR count). The molecule has 134 valence electrons. The van der Waals surface area contributed by atoms with E-state index in [9.17, 15) is 8.42 Å². The molecule has 0 atom stereocenters. The number of sulfonamides is 1. The van der Waals surface area contributed by atoms with Crippen LogP contribution in [0.1, 0.15) is 11.1 Å². The van der Waals surface area contributed by atoms with Crippen molar-refractivity contribution in [1.29, 1.82) is 0 Å². The Morgan fingerprint density at radius 3 is 2.36 bits per heavy atom. The maximum absolute atomic E-state index is 12.6. The fourth-order valence-corrected chi connectivity index (χ4v) is 3.98.